The second kappa shape index (κ2) is 8.78. The number of hydrogen-bond donors (Lipinski definition) is 1. The van der Waals surface area contributed by atoms with Gasteiger partial charge >= 0.3 is 0 Å². The van der Waals surface area contributed by atoms with Gasteiger partial charge in [-0.15, -0.1) is 11.8 Å². The van der Waals surface area contributed by atoms with E-state index in [2.05, 4.69) is 29.6 Å². The van der Waals surface area contributed by atoms with Crippen LogP contribution in [-0.4, -0.2) is 52.6 Å². The first-order chi connectivity index (χ1) is 13.7. The summed E-state index contributed by atoms with van der Waals surface area (Å²) in [6.45, 7) is 0.619. The molecule has 4 atom stereocenters. The number of carbonyl (C=O) groups is 3. The maximum atomic E-state index is 12.9. The minimum atomic E-state index is -0.481. The van der Waals surface area contributed by atoms with Gasteiger partial charge in [0.05, 0.1) is 11.3 Å². The average Bonchev–Trinajstić information content (AvgIpc) is 3.40. The Morgan fingerprint density at radius 2 is 2.04 bits per heavy atom. The van der Waals surface area contributed by atoms with Crippen molar-refractivity contribution in [1.82, 2.24) is 10.2 Å². The smallest absolute Gasteiger partial charge is 0.241 e. The molecule has 0 spiro atoms. The van der Waals surface area contributed by atoms with Crippen molar-refractivity contribution in [2.24, 2.45) is 5.92 Å². The van der Waals surface area contributed by atoms with E-state index in [4.69, 9.17) is 0 Å². The Morgan fingerprint density at radius 1 is 1.21 bits per heavy atom. The van der Waals surface area contributed by atoms with Gasteiger partial charge in [-0.3, -0.25) is 14.9 Å². The molecule has 1 amide bonds. The highest BCUT2D eigenvalue weighted by molar-refractivity contribution is 8.00. The Bertz CT molecular complexity index is 753. The van der Waals surface area contributed by atoms with Crippen LogP contribution in [0.15, 0.2) is 24.3 Å². The number of thioether (sulfide) groups is 1. The van der Waals surface area contributed by atoms with Crippen molar-refractivity contribution in [2.75, 3.05) is 12.4 Å². The van der Waals surface area contributed by atoms with Crippen molar-refractivity contribution in [3.05, 3.63) is 35.4 Å². The number of nitrogens with zero attached hydrogens (tertiary/aromatic N) is 1. The molecule has 1 aromatic carbocycles. The summed E-state index contributed by atoms with van der Waals surface area (Å²) < 4.78 is 0. The third-order valence-corrected chi connectivity index (χ3v) is 7.67. The maximum Gasteiger partial charge on any atom is 0.241 e. The highest BCUT2D eigenvalue weighted by Crippen LogP contribution is 2.31. The number of benzene rings is 1. The van der Waals surface area contributed by atoms with E-state index < -0.39 is 6.04 Å². The Hall–Kier alpha value is -1.66. The highest BCUT2D eigenvalue weighted by atomic mass is 32.2. The zero-order chi connectivity index (χ0) is 19.5. The van der Waals surface area contributed by atoms with Gasteiger partial charge in [-0.05, 0) is 55.6 Å². The molecule has 1 unspecified atom stereocenters. The molecule has 5 nitrogen and oxygen atoms in total. The molecule has 0 radical (unpaired) electrons. The number of aryl methyl sites for hydroxylation is 1. The van der Waals surface area contributed by atoms with Crippen LogP contribution in [0, 0.1) is 5.92 Å². The zero-order valence-corrected chi connectivity index (χ0v) is 17.0. The number of nitrogens with one attached hydrogen (secondary N) is 1. The van der Waals surface area contributed by atoms with Gasteiger partial charge in [-0.1, -0.05) is 24.3 Å². The van der Waals surface area contributed by atoms with Crippen LogP contribution >= 0.6 is 11.8 Å². The van der Waals surface area contributed by atoms with Gasteiger partial charge in [-0.25, -0.2) is 0 Å². The summed E-state index contributed by atoms with van der Waals surface area (Å²) >= 11 is 1.53. The molecule has 3 aliphatic rings. The lowest BCUT2D eigenvalue weighted by Crippen LogP contribution is -2.51. The summed E-state index contributed by atoms with van der Waals surface area (Å²) in [6, 6.07) is 7.80. The second-order valence-electron chi connectivity index (χ2n) is 8.17. The standard InChI is InChI=1S/C22H28N2O3S/c25-13-18-6-3-11-24(18)22(27)20-21(28-14-23-20)19(26)10-8-15-7-9-16-4-1-2-5-17(16)12-15/h1-2,4-5,13,15,18,20-21,23H,3,6-12,14H2/t15-,18+,20+,21?/m1/s1. The molecular formula is C22H28N2O3S. The van der Waals surface area contributed by atoms with Crippen molar-refractivity contribution in [1.29, 1.82) is 0 Å². The van der Waals surface area contributed by atoms with E-state index in [1.807, 2.05) is 0 Å². The quantitative estimate of drug-likeness (QED) is 0.743. The lowest BCUT2D eigenvalue weighted by atomic mass is 9.81. The summed E-state index contributed by atoms with van der Waals surface area (Å²) in [5.41, 5.74) is 2.87. The predicted octanol–water partition coefficient (Wildman–Crippen LogP) is 2.36. The minimum absolute atomic E-state index is 0.0791. The van der Waals surface area contributed by atoms with E-state index in [0.29, 0.717) is 24.8 Å². The fourth-order valence-electron chi connectivity index (χ4n) is 4.82. The molecule has 150 valence electrons. The number of fused-ring (bicyclic) bond motifs is 1. The van der Waals surface area contributed by atoms with Gasteiger partial charge in [0.15, 0.2) is 0 Å². The molecule has 6 heteroatoms. The summed E-state index contributed by atoms with van der Waals surface area (Å²) in [5, 5.41) is 2.87. The molecule has 0 bridgehead atoms. The van der Waals surface area contributed by atoms with Crippen LogP contribution in [0.2, 0.25) is 0 Å². The number of aldehydes is 1. The van der Waals surface area contributed by atoms with Crippen LogP contribution in [0.1, 0.15) is 43.2 Å². The Morgan fingerprint density at radius 3 is 2.86 bits per heavy atom. The van der Waals surface area contributed by atoms with E-state index in [-0.39, 0.29) is 23.0 Å². The fraction of sp³-hybridized carbons (Fsp3) is 0.591. The van der Waals surface area contributed by atoms with E-state index in [1.54, 1.807) is 4.90 Å². The zero-order valence-electron chi connectivity index (χ0n) is 16.1. The maximum absolute atomic E-state index is 12.9. The number of likely N-dealkylation sites (tertiary alicyclic amines) is 1. The normalized spacial score (nSPS) is 29.5. The molecule has 1 N–H and O–H groups in total. The Labute approximate surface area is 170 Å². The van der Waals surface area contributed by atoms with Crippen molar-refractivity contribution in [3.63, 3.8) is 0 Å². The monoisotopic (exact) mass is 400 g/mol. The highest BCUT2D eigenvalue weighted by Gasteiger charge is 2.42. The number of Topliss-reactive ketones (excluding diaryl/α,β-unsaturated/α-hetero) is 1. The lowest BCUT2D eigenvalue weighted by molar-refractivity contribution is -0.137. The van der Waals surface area contributed by atoms with E-state index in [1.165, 1.54) is 22.9 Å². The Kier molecular flexibility index (Phi) is 6.16. The van der Waals surface area contributed by atoms with E-state index in [9.17, 15) is 14.4 Å². The predicted molar refractivity (Wildman–Crippen MR) is 110 cm³/mol. The van der Waals surface area contributed by atoms with Gasteiger partial charge in [0.25, 0.3) is 0 Å². The van der Waals surface area contributed by atoms with Crippen molar-refractivity contribution >= 4 is 29.7 Å². The van der Waals surface area contributed by atoms with Crippen molar-refractivity contribution in [3.8, 4) is 0 Å². The molecule has 2 fully saturated rings. The van der Waals surface area contributed by atoms with Gasteiger partial charge < -0.3 is 9.69 Å². The summed E-state index contributed by atoms with van der Waals surface area (Å²) in [7, 11) is 0. The van der Waals surface area contributed by atoms with Crippen LogP contribution in [0.4, 0.5) is 0 Å². The lowest BCUT2D eigenvalue weighted by Gasteiger charge is -2.27. The molecule has 4 rings (SSSR count). The van der Waals surface area contributed by atoms with Crippen LogP contribution in [0.5, 0.6) is 0 Å². The molecule has 2 saturated heterocycles. The molecule has 0 saturated carbocycles. The summed E-state index contributed by atoms with van der Waals surface area (Å²) in [4.78, 5) is 38.7. The van der Waals surface area contributed by atoms with Gasteiger partial charge in [0.1, 0.15) is 18.1 Å². The molecule has 0 aromatic heterocycles. The van der Waals surface area contributed by atoms with Gasteiger partial charge in [-0.2, -0.15) is 0 Å². The third-order valence-electron chi connectivity index (χ3n) is 6.44. The number of hydrogen-bond acceptors (Lipinski definition) is 5. The molecular weight excluding hydrogens is 372 g/mol. The first kappa shape index (κ1) is 19.6. The topological polar surface area (TPSA) is 66.5 Å². The largest absolute Gasteiger partial charge is 0.332 e. The number of amides is 1. The van der Waals surface area contributed by atoms with Gasteiger partial charge in [0.2, 0.25) is 5.91 Å². The van der Waals surface area contributed by atoms with Crippen LogP contribution in [-0.2, 0) is 27.2 Å². The van der Waals surface area contributed by atoms with Crippen LogP contribution < -0.4 is 5.32 Å². The van der Waals surface area contributed by atoms with Gasteiger partial charge in [0, 0.05) is 18.8 Å². The number of carbonyl (C=O) groups excluding carboxylic acids is 3. The van der Waals surface area contributed by atoms with E-state index >= 15 is 0 Å². The number of rotatable bonds is 6. The SMILES string of the molecule is O=C[C@@H]1CCCN1C(=O)[C@H]1NCSC1C(=O)CC[C@H]1CCc2ccccc2C1. The molecule has 28 heavy (non-hydrogen) atoms. The summed E-state index contributed by atoms with van der Waals surface area (Å²) in [6.07, 6.45) is 7.17. The van der Waals surface area contributed by atoms with Crippen LogP contribution in [0.3, 0.4) is 0 Å². The van der Waals surface area contributed by atoms with Crippen LogP contribution in [0.25, 0.3) is 0 Å². The first-order valence-electron chi connectivity index (χ1n) is 10.4. The van der Waals surface area contributed by atoms with Crippen molar-refractivity contribution < 1.29 is 14.4 Å². The molecule has 1 aliphatic carbocycles. The summed E-state index contributed by atoms with van der Waals surface area (Å²) in [5.74, 6) is 1.26. The number of ketones is 1. The minimum Gasteiger partial charge on any atom is -0.332 e. The Balaban J connectivity index is 1.33. The molecule has 2 heterocycles. The fourth-order valence-corrected chi connectivity index (χ4v) is 5.99. The third kappa shape index (κ3) is 4.03. The second-order valence-corrected chi connectivity index (χ2v) is 9.30. The van der Waals surface area contributed by atoms with E-state index in [0.717, 1.165) is 44.8 Å². The van der Waals surface area contributed by atoms with Crippen molar-refractivity contribution in [2.45, 2.75) is 62.3 Å². The molecule has 2 aliphatic heterocycles. The first-order valence-corrected chi connectivity index (χ1v) is 11.4. The molecule has 1 aromatic rings. The average molecular weight is 401 g/mol.